The largest absolute Gasteiger partial charge is 0.416 e. The molecule has 11 heteroatoms. The number of benzene rings is 1. The number of carbonyl (C=O) groups excluding carboxylic acids is 1. The maximum atomic E-state index is 15.6. The van der Waals surface area contributed by atoms with Gasteiger partial charge in [0.15, 0.2) is 9.84 Å². The van der Waals surface area contributed by atoms with E-state index in [0.717, 1.165) is 17.7 Å². The van der Waals surface area contributed by atoms with Gasteiger partial charge in [0, 0.05) is 56.9 Å². The molecule has 3 aliphatic rings. The smallest absolute Gasteiger partial charge is 0.369 e. The number of amides is 1. The van der Waals surface area contributed by atoms with Gasteiger partial charge in [-0.05, 0) is 57.2 Å². The fourth-order valence-corrected chi connectivity index (χ4v) is 6.69. The Labute approximate surface area is 210 Å². The highest BCUT2D eigenvalue weighted by Crippen LogP contribution is 2.40. The lowest BCUT2D eigenvalue weighted by Crippen LogP contribution is -2.51. The van der Waals surface area contributed by atoms with Gasteiger partial charge < -0.3 is 9.80 Å². The molecular weight excluding hydrogens is 498 g/mol. The van der Waals surface area contributed by atoms with Crippen LogP contribution in [0.4, 0.5) is 23.2 Å². The second-order valence-corrected chi connectivity index (χ2v) is 13.6. The molecule has 6 nitrogen and oxygen atoms in total. The van der Waals surface area contributed by atoms with Crippen molar-refractivity contribution in [3.63, 3.8) is 0 Å². The third-order valence-corrected chi connectivity index (χ3v) is 9.43. The fourth-order valence-electron chi connectivity index (χ4n) is 5.49. The molecule has 3 aliphatic heterocycles. The lowest BCUT2D eigenvalue weighted by molar-refractivity contribution is -0.144. The van der Waals surface area contributed by atoms with Crippen LogP contribution in [0.15, 0.2) is 18.2 Å². The molecule has 1 amide bonds. The number of piperidine rings is 1. The second kappa shape index (κ2) is 9.45. The molecule has 0 aromatic heterocycles. The van der Waals surface area contributed by atoms with Crippen LogP contribution >= 0.6 is 0 Å². The summed E-state index contributed by atoms with van der Waals surface area (Å²) in [7, 11) is -3.19. The van der Waals surface area contributed by atoms with Crippen molar-refractivity contribution in [3.8, 4) is 0 Å². The number of nitrogens with zero attached hydrogens (tertiary/aromatic N) is 3. The molecule has 0 spiro atoms. The van der Waals surface area contributed by atoms with Crippen LogP contribution in [0.5, 0.6) is 0 Å². The van der Waals surface area contributed by atoms with Gasteiger partial charge in [0.2, 0.25) is 5.67 Å². The molecule has 3 saturated heterocycles. The SMILES string of the molecule is CC(C)(C)N1CC[C@](F)(C(=O)N2CCC(c3ccc(C(F)(F)F)cc3N3CCS(=O)(=O)CC3)CC2)C1. The van der Waals surface area contributed by atoms with Gasteiger partial charge in [-0.15, -0.1) is 0 Å². The molecule has 1 atom stereocenters. The Morgan fingerprint density at radius 3 is 2.14 bits per heavy atom. The second-order valence-electron chi connectivity index (χ2n) is 11.3. The average Bonchev–Trinajstić information content (AvgIpc) is 3.22. The van der Waals surface area contributed by atoms with Gasteiger partial charge in [-0.25, -0.2) is 12.8 Å². The number of hydrogen-bond acceptors (Lipinski definition) is 5. The molecule has 0 saturated carbocycles. The van der Waals surface area contributed by atoms with Crippen molar-refractivity contribution in [1.82, 2.24) is 9.80 Å². The van der Waals surface area contributed by atoms with E-state index >= 15 is 4.39 Å². The summed E-state index contributed by atoms with van der Waals surface area (Å²) in [4.78, 5) is 18.4. The number of rotatable bonds is 3. The van der Waals surface area contributed by atoms with E-state index in [9.17, 15) is 26.4 Å². The van der Waals surface area contributed by atoms with Gasteiger partial charge in [0.1, 0.15) is 0 Å². The maximum absolute atomic E-state index is 15.6. The standard InChI is InChI=1S/C25H35F4N3O3S/c1-23(2,3)32-11-8-24(26,17-32)22(33)31-9-6-18(7-10-31)20-5-4-19(25(27,28)29)16-21(20)30-12-14-36(34,35)15-13-30/h4-5,16,18H,6-15,17H2,1-3H3/t24-/m1/s1. The van der Waals surface area contributed by atoms with E-state index in [1.165, 1.54) is 6.07 Å². The van der Waals surface area contributed by atoms with Gasteiger partial charge in [0.05, 0.1) is 17.1 Å². The van der Waals surface area contributed by atoms with Crippen LogP contribution in [0.3, 0.4) is 0 Å². The van der Waals surface area contributed by atoms with E-state index in [4.69, 9.17) is 0 Å². The first kappa shape index (κ1) is 27.2. The molecule has 0 radical (unpaired) electrons. The molecule has 0 N–H and O–H groups in total. The van der Waals surface area contributed by atoms with Crippen LogP contribution in [0, 0.1) is 0 Å². The van der Waals surface area contributed by atoms with E-state index in [1.54, 1.807) is 9.80 Å². The summed E-state index contributed by atoms with van der Waals surface area (Å²) in [5.74, 6) is -0.795. The minimum absolute atomic E-state index is 0.0657. The summed E-state index contributed by atoms with van der Waals surface area (Å²) in [6.45, 7) is 7.51. The number of halogens is 4. The van der Waals surface area contributed by atoms with Gasteiger partial charge in [0.25, 0.3) is 5.91 Å². The van der Waals surface area contributed by atoms with Crippen LogP contribution in [0.25, 0.3) is 0 Å². The first-order valence-corrected chi connectivity index (χ1v) is 14.3. The number of carbonyl (C=O) groups is 1. The number of anilines is 1. The monoisotopic (exact) mass is 533 g/mol. The molecule has 3 fully saturated rings. The maximum Gasteiger partial charge on any atom is 0.416 e. The minimum atomic E-state index is -4.51. The van der Waals surface area contributed by atoms with Crippen LogP contribution in [0.1, 0.15) is 57.1 Å². The first-order chi connectivity index (χ1) is 16.6. The number of likely N-dealkylation sites (tertiary alicyclic amines) is 2. The normalized spacial score (nSPS) is 26.4. The van der Waals surface area contributed by atoms with Crippen LogP contribution in [0.2, 0.25) is 0 Å². The van der Waals surface area contributed by atoms with Crippen LogP contribution in [-0.4, -0.2) is 86.1 Å². The molecule has 0 bridgehead atoms. The third-order valence-electron chi connectivity index (χ3n) is 7.82. The highest BCUT2D eigenvalue weighted by Gasteiger charge is 2.49. The Balaban J connectivity index is 1.49. The summed E-state index contributed by atoms with van der Waals surface area (Å²) in [5, 5.41) is 0. The topological polar surface area (TPSA) is 60.9 Å². The highest BCUT2D eigenvalue weighted by molar-refractivity contribution is 7.91. The van der Waals surface area contributed by atoms with Crippen molar-refractivity contribution in [1.29, 1.82) is 0 Å². The zero-order chi connectivity index (χ0) is 26.5. The molecular formula is C25H35F4N3O3S. The summed E-state index contributed by atoms with van der Waals surface area (Å²) < 4.78 is 79.7. The van der Waals surface area contributed by atoms with E-state index in [-0.39, 0.29) is 49.0 Å². The van der Waals surface area contributed by atoms with E-state index in [0.29, 0.717) is 38.2 Å². The molecule has 1 aromatic carbocycles. The Hall–Kier alpha value is -1.88. The predicted molar refractivity (Wildman–Crippen MR) is 131 cm³/mol. The summed E-state index contributed by atoms with van der Waals surface area (Å²) in [6, 6.07) is 3.66. The molecule has 4 rings (SSSR count). The van der Waals surface area contributed by atoms with Gasteiger partial charge in [-0.1, -0.05) is 6.07 Å². The fraction of sp³-hybridized carbons (Fsp3) is 0.720. The predicted octanol–water partition coefficient (Wildman–Crippen LogP) is 3.86. The van der Waals surface area contributed by atoms with E-state index in [1.807, 2.05) is 25.7 Å². The number of sulfone groups is 1. The Morgan fingerprint density at radius 2 is 1.61 bits per heavy atom. The van der Waals surface area contributed by atoms with Gasteiger partial charge in [-0.3, -0.25) is 9.69 Å². The Morgan fingerprint density at radius 1 is 1.00 bits per heavy atom. The summed E-state index contributed by atoms with van der Waals surface area (Å²) >= 11 is 0. The van der Waals surface area contributed by atoms with Crippen molar-refractivity contribution in [2.24, 2.45) is 0 Å². The quantitative estimate of drug-likeness (QED) is 0.553. The van der Waals surface area contributed by atoms with Gasteiger partial charge >= 0.3 is 6.18 Å². The lowest BCUT2D eigenvalue weighted by Gasteiger charge is -2.38. The number of hydrogen-bond donors (Lipinski definition) is 0. The molecule has 0 unspecified atom stereocenters. The van der Waals surface area contributed by atoms with Crippen molar-refractivity contribution in [2.75, 3.05) is 55.7 Å². The zero-order valence-electron chi connectivity index (χ0n) is 21.1. The summed E-state index contributed by atoms with van der Waals surface area (Å²) in [5.41, 5.74) is -1.79. The van der Waals surface area contributed by atoms with E-state index in [2.05, 4.69) is 0 Å². The van der Waals surface area contributed by atoms with Crippen molar-refractivity contribution in [2.45, 2.75) is 63.3 Å². The number of alkyl halides is 4. The molecule has 1 aromatic rings. The first-order valence-electron chi connectivity index (χ1n) is 12.5. The molecule has 202 valence electrons. The zero-order valence-corrected chi connectivity index (χ0v) is 21.9. The summed E-state index contributed by atoms with van der Waals surface area (Å²) in [6.07, 6.45) is -3.34. The van der Waals surface area contributed by atoms with Gasteiger partial charge in [-0.2, -0.15) is 13.2 Å². The third kappa shape index (κ3) is 5.66. The highest BCUT2D eigenvalue weighted by atomic mass is 32.2. The Bertz CT molecular complexity index is 1080. The Kier molecular flexibility index (Phi) is 7.13. The lowest BCUT2D eigenvalue weighted by atomic mass is 9.86. The van der Waals surface area contributed by atoms with Crippen molar-refractivity contribution >= 4 is 21.4 Å². The minimum Gasteiger partial charge on any atom is -0.369 e. The van der Waals surface area contributed by atoms with Crippen LogP contribution in [-0.2, 0) is 20.8 Å². The van der Waals surface area contributed by atoms with E-state index < -0.39 is 33.2 Å². The van der Waals surface area contributed by atoms with Crippen molar-refractivity contribution < 1.29 is 30.8 Å². The average molecular weight is 534 g/mol. The molecule has 0 aliphatic carbocycles. The van der Waals surface area contributed by atoms with Crippen LogP contribution < -0.4 is 4.90 Å². The van der Waals surface area contributed by atoms with Crippen molar-refractivity contribution in [3.05, 3.63) is 29.3 Å². The molecule has 36 heavy (non-hydrogen) atoms. The molecule has 3 heterocycles.